The Morgan fingerprint density at radius 2 is 2.26 bits per heavy atom. The van der Waals surface area contributed by atoms with E-state index in [0.29, 0.717) is 19.5 Å². The zero-order valence-electron chi connectivity index (χ0n) is 11.5. The maximum atomic E-state index is 11.9. The highest BCUT2D eigenvalue weighted by molar-refractivity contribution is 7.90. The second kappa shape index (κ2) is 6.02. The quantitative estimate of drug-likeness (QED) is 0.823. The average Bonchev–Trinajstić information content (AvgIpc) is 2.98. The highest BCUT2D eigenvalue weighted by Gasteiger charge is 2.32. The van der Waals surface area contributed by atoms with E-state index in [2.05, 4.69) is 21.6 Å². The van der Waals surface area contributed by atoms with Gasteiger partial charge in [0, 0.05) is 32.4 Å². The fourth-order valence-electron chi connectivity index (χ4n) is 2.52. The molecule has 1 fully saturated rings. The highest BCUT2D eigenvalue weighted by atomic mass is 32.2. The number of nitrogens with one attached hydrogen (secondary N) is 1. The smallest absolute Gasteiger partial charge is 0.215 e. The Morgan fingerprint density at radius 3 is 2.95 bits per heavy atom. The molecule has 0 bridgehead atoms. The average molecular weight is 286 g/mol. The van der Waals surface area contributed by atoms with E-state index >= 15 is 0 Å². The first-order valence-corrected chi connectivity index (χ1v) is 8.33. The van der Waals surface area contributed by atoms with E-state index in [0.717, 1.165) is 25.3 Å². The highest BCUT2D eigenvalue weighted by Crippen LogP contribution is 2.18. The van der Waals surface area contributed by atoms with Gasteiger partial charge in [-0.15, -0.1) is 0 Å². The molecule has 1 aliphatic rings. The Balaban J connectivity index is 1.96. The lowest BCUT2D eigenvalue weighted by atomic mass is 10.4. The van der Waals surface area contributed by atoms with Crippen LogP contribution >= 0.6 is 0 Å². The van der Waals surface area contributed by atoms with E-state index < -0.39 is 10.0 Å². The van der Waals surface area contributed by atoms with Crippen molar-refractivity contribution in [1.82, 2.24) is 19.4 Å². The van der Waals surface area contributed by atoms with Gasteiger partial charge < -0.3 is 0 Å². The first-order valence-electron chi connectivity index (χ1n) is 6.78. The summed E-state index contributed by atoms with van der Waals surface area (Å²) in [4.78, 5) is 2.18. The third-order valence-electron chi connectivity index (χ3n) is 3.50. The van der Waals surface area contributed by atoms with Gasteiger partial charge in [-0.3, -0.25) is 9.58 Å². The summed E-state index contributed by atoms with van der Waals surface area (Å²) in [7, 11) is -3.15. The maximum absolute atomic E-state index is 11.9. The Kier molecular flexibility index (Phi) is 4.59. The molecule has 1 atom stereocenters. The summed E-state index contributed by atoms with van der Waals surface area (Å²) in [6, 6.07) is 2.00. The number of nitrogens with zero attached hydrogens (tertiary/aromatic N) is 3. The molecule has 1 N–H and O–H groups in total. The lowest BCUT2D eigenvalue weighted by molar-refractivity contribution is 0.318. The van der Waals surface area contributed by atoms with Crippen LogP contribution in [0.1, 0.15) is 26.0 Å². The summed E-state index contributed by atoms with van der Waals surface area (Å²) in [6.45, 7) is 7.36. The van der Waals surface area contributed by atoms with Crippen LogP contribution in [0.2, 0.25) is 0 Å². The molecular formula is C12H22N4O2S. The fourth-order valence-corrected chi connectivity index (χ4v) is 3.98. The molecule has 2 rings (SSSR count). The lowest BCUT2D eigenvalue weighted by Gasteiger charge is -2.16. The molecule has 0 saturated carbocycles. The zero-order valence-corrected chi connectivity index (χ0v) is 12.4. The number of likely N-dealkylation sites (tertiary alicyclic amines) is 1. The molecule has 0 aliphatic carbocycles. The van der Waals surface area contributed by atoms with E-state index in [9.17, 15) is 8.42 Å². The number of rotatable bonds is 6. The molecule has 7 heteroatoms. The second-order valence-corrected chi connectivity index (χ2v) is 6.87. The third-order valence-corrected chi connectivity index (χ3v) is 5.46. The topological polar surface area (TPSA) is 67.2 Å². The van der Waals surface area contributed by atoms with Crippen LogP contribution in [-0.4, -0.2) is 48.0 Å². The van der Waals surface area contributed by atoms with Gasteiger partial charge in [0.1, 0.15) is 0 Å². The van der Waals surface area contributed by atoms with Crippen molar-refractivity contribution in [3.8, 4) is 0 Å². The molecule has 0 radical (unpaired) electrons. The molecule has 2 heterocycles. The minimum Gasteiger partial charge on any atom is -0.296 e. The summed E-state index contributed by atoms with van der Waals surface area (Å²) < 4.78 is 28.4. The SMILES string of the molecule is CCNS(=O)(=O)[C@@H]1CCN(Cc2ccnn2CC)C1. The molecule has 1 aromatic rings. The van der Waals surface area contributed by atoms with Crippen molar-refractivity contribution in [3.63, 3.8) is 0 Å². The summed E-state index contributed by atoms with van der Waals surface area (Å²) in [6.07, 6.45) is 2.50. The van der Waals surface area contributed by atoms with Gasteiger partial charge in [-0.25, -0.2) is 13.1 Å². The minimum absolute atomic E-state index is 0.287. The first kappa shape index (κ1) is 14.5. The molecule has 1 aromatic heterocycles. The van der Waals surface area contributed by atoms with Gasteiger partial charge in [-0.2, -0.15) is 5.10 Å². The molecule has 108 valence electrons. The van der Waals surface area contributed by atoms with Gasteiger partial charge in [0.25, 0.3) is 0 Å². The summed E-state index contributed by atoms with van der Waals surface area (Å²) in [5, 5.41) is 3.95. The predicted octanol–water partition coefficient (Wildman–Crippen LogP) is 0.417. The van der Waals surface area contributed by atoms with Crippen LogP contribution in [0.5, 0.6) is 0 Å². The van der Waals surface area contributed by atoms with Crippen molar-refractivity contribution < 1.29 is 8.42 Å². The molecule has 0 unspecified atom stereocenters. The Bertz CT molecular complexity index is 512. The van der Waals surface area contributed by atoms with Gasteiger partial charge in [0.15, 0.2) is 0 Å². The van der Waals surface area contributed by atoms with E-state index in [4.69, 9.17) is 0 Å². The predicted molar refractivity (Wildman–Crippen MR) is 74.2 cm³/mol. The summed E-state index contributed by atoms with van der Waals surface area (Å²) in [5.41, 5.74) is 1.14. The van der Waals surface area contributed by atoms with Crippen molar-refractivity contribution in [2.75, 3.05) is 19.6 Å². The molecule has 1 saturated heterocycles. The van der Waals surface area contributed by atoms with E-state index in [1.807, 2.05) is 17.7 Å². The zero-order chi connectivity index (χ0) is 13.9. The summed E-state index contributed by atoms with van der Waals surface area (Å²) in [5.74, 6) is 0. The number of hydrogen-bond acceptors (Lipinski definition) is 4. The first-order chi connectivity index (χ1) is 9.06. The van der Waals surface area contributed by atoms with Crippen molar-refractivity contribution in [3.05, 3.63) is 18.0 Å². The van der Waals surface area contributed by atoms with Crippen LogP contribution in [-0.2, 0) is 23.1 Å². The van der Waals surface area contributed by atoms with Crippen LogP contribution in [0, 0.1) is 0 Å². The van der Waals surface area contributed by atoms with Gasteiger partial charge in [0.2, 0.25) is 10.0 Å². The van der Waals surface area contributed by atoms with E-state index in [1.54, 1.807) is 6.20 Å². The lowest BCUT2D eigenvalue weighted by Crippen LogP contribution is -2.36. The number of aromatic nitrogens is 2. The van der Waals surface area contributed by atoms with Crippen LogP contribution in [0.15, 0.2) is 12.3 Å². The minimum atomic E-state index is -3.15. The maximum Gasteiger partial charge on any atom is 0.215 e. The van der Waals surface area contributed by atoms with Crippen LogP contribution in [0.4, 0.5) is 0 Å². The second-order valence-electron chi connectivity index (χ2n) is 4.83. The molecule has 6 nitrogen and oxygen atoms in total. The van der Waals surface area contributed by atoms with Gasteiger partial charge in [-0.05, 0) is 26.0 Å². The van der Waals surface area contributed by atoms with Gasteiger partial charge >= 0.3 is 0 Å². The summed E-state index contributed by atoms with van der Waals surface area (Å²) >= 11 is 0. The Morgan fingerprint density at radius 1 is 1.47 bits per heavy atom. The van der Waals surface area contributed by atoms with Gasteiger partial charge in [0.05, 0.1) is 10.9 Å². The molecular weight excluding hydrogens is 264 g/mol. The van der Waals surface area contributed by atoms with Crippen molar-refractivity contribution >= 4 is 10.0 Å². The van der Waals surface area contributed by atoms with Crippen molar-refractivity contribution in [2.45, 2.75) is 38.6 Å². The van der Waals surface area contributed by atoms with Crippen molar-refractivity contribution in [2.24, 2.45) is 0 Å². The number of hydrogen-bond donors (Lipinski definition) is 1. The molecule has 0 spiro atoms. The number of aryl methyl sites for hydroxylation is 1. The monoisotopic (exact) mass is 286 g/mol. The number of sulfonamides is 1. The third kappa shape index (κ3) is 3.34. The largest absolute Gasteiger partial charge is 0.296 e. The van der Waals surface area contributed by atoms with Gasteiger partial charge in [-0.1, -0.05) is 6.92 Å². The molecule has 1 aliphatic heterocycles. The Hall–Kier alpha value is -0.920. The fraction of sp³-hybridized carbons (Fsp3) is 0.750. The van der Waals surface area contributed by atoms with E-state index in [-0.39, 0.29) is 5.25 Å². The van der Waals surface area contributed by atoms with Crippen LogP contribution in [0.3, 0.4) is 0 Å². The molecule has 0 amide bonds. The molecule has 0 aromatic carbocycles. The van der Waals surface area contributed by atoms with Crippen LogP contribution < -0.4 is 4.72 Å². The molecule has 19 heavy (non-hydrogen) atoms. The standard InChI is InChI=1S/C12H22N4O2S/c1-3-14-19(17,18)12-6-8-15(10-12)9-11-5-7-13-16(11)4-2/h5,7,12,14H,3-4,6,8-10H2,1-2H3/t12-/m1/s1. The van der Waals surface area contributed by atoms with Crippen LogP contribution in [0.25, 0.3) is 0 Å². The van der Waals surface area contributed by atoms with Crippen molar-refractivity contribution in [1.29, 1.82) is 0 Å². The Labute approximate surface area is 114 Å². The van der Waals surface area contributed by atoms with E-state index in [1.165, 1.54) is 0 Å². The normalized spacial score (nSPS) is 21.1.